The summed E-state index contributed by atoms with van der Waals surface area (Å²) in [6, 6.07) is 6.89. The number of benzene rings is 1. The monoisotopic (exact) mass is 414 g/mol. The number of para-hydroxylation sites is 1. The van der Waals surface area contributed by atoms with E-state index in [1.807, 2.05) is 0 Å². The van der Waals surface area contributed by atoms with E-state index in [4.69, 9.17) is 10.3 Å². The van der Waals surface area contributed by atoms with Crippen molar-refractivity contribution in [3.05, 3.63) is 41.3 Å². The van der Waals surface area contributed by atoms with Gasteiger partial charge in [-0.15, -0.1) is 12.4 Å². The van der Waals surface area contributed by atoms with Crippen LogP contribution in [0.4, 0.5) is 5.69 Å². The molecule has 0 spiro atoms. The molecule has 1 aromatic carbocycles. The van der Waals surface area contributed by atoms with Gasteiger partial charge in [-0.2, -0.15) is 4.31 Å². The minimum Gasteiger partial charge on any atom is -0.398 e. The van der Waals surface area contributed by atoms with Gasteiger partial charge in [0, 0.05) is 31.9 Å². The van der Waals surface area contributed by atoms with E-state index in [1.54, 1.807) is 43.0 Å². The molecule has 0 aliphatic carbocycles. The van der Waals surface area contributed by atoms with Crippen molar-refractivity contribution in [3.63, 3.8) is 0 Å². The zero-order valence-corrected chi connectivity index (χ0v) is 16.8. The van der Waals surface area contributed by atoms with E-state index in [2.05, 4.69) is 5.16 Å². The Labute approximate surface area is 164 Å². The Morgan fingerprint density at radius 1 is 1.15 bits per heavy atom. The maximum absolute atomic E-state index is 12.9. The molecule has 0 saturated carbocycles. The number of nitrogens with two attached hydrogens (primary N) is 1. The lowest BCUT2D eigenvalue weighted by Gasteiger charge is -2.22. The van der Waals surface area contributed by atoms with Crippen molar-refractivity contribution >= 4 is 34.0 Å². The summed E-state index contributed by atoms with van der Waals surface area (Å²) in [4.78, 5) is 14.5. The molecule has 3 rings (SSSR count). The standard InChI is InChI=1S/C17H22N4O4S.ClH/c1-12-16(13(2)25-19-12)26(23,24)21-9-5-8-20(10-11-21)17(22)14-6-3-4-7-15(14)18;/h3-4,6-7H,5,8-11,18H2,1-2H3;1H. The Hall–Kier alpha value is -2.10. The number of nitrogens with zero attached hydrogens (tertiary/aromatic N) is 3. The van der Waals surface area contributed by atoms with Crippen LogP contribution in [0, 0.1) is 13.8 Å². The predicted octanol–water partition coefficient (Wildman–Crippen LogP) is 1.83. The van der Waals surface area contributed by atoms with Crippen LogP contribution in [0.3, 0.4) is 0 Å². The summed E-state index contributed by atoms with van der Waals surface area (Å²) in [5.74, 6) is 0.0939. The molecule has 0 radical (unpaired) electrons. The fraction of sp³-hybridized carbons (Fsp3) is 0.412. The van der Waals surface area contributed by atoms with Crippen LogP contribution in [0.5, 0.6) is 0 Å². The highest BCUT2D eigenvalue weighted by atomic mass is 35.5. The maximum atomic E-state index is 12.9. The third-order valence-corrected chi connectivity index (χ3v) is 6.64. The van der Waals surface area contributed by atoms with Crippen molar-refractivity contribution in [2.45, 2.75) is 25.2 Å². The van der Waals surface area contributed by atoms with Gasteiger partial charge < -0.3 is 15.2 Å². The number of sulfonamides is 1. The average Bonchev–Trinajstić information content (AvgIpc) is 2.81. The lowest BCUT2D eigenvalue weighted by molar-refractivity contribution is 0.0765. The molecule has 8 nitrogen and oxygen atoms in total. The summed E-state index contributed by atoms with van der Waals surface area (Å²) in [7, 11) is -3.71. The van der Waals surface area contributed by atoms with Gasteiger partial charge in [-0.3, -0.25) is 4.79 Å². The largest absolute Gasteiger partial charge is 0.398 e. The molecule has 0 bridgehead atoms. The van der Waals surface area contributed by atoms with Crippen LogP contribution in [-0.2, 0) is 10.0 Å². The minimum atomic E-state index is -3.71. The highest BCUT2D eigenvalue weighted by Crippen LogP contribution is 2.24. The fourth-order valence-electron chi connectivity index (χ4n) is 3.17. The molecule has 27 heavy (non-hydrogen) atoms. The molecule has 1 aliphatic heterocycles. The number of anilines is 1. The van der Waals surface area contributed by atoms with Crippen LogP contribution < -0.4 is 5.73 Å². The molecule has 148 valence electrons. The molecule has 1 saturated heterocycles. The Bertz CT molecular complexity index is 909. The lowest BCUT2D eigenvalue weighted by Crippen LogP contribution is -2.37. The molecule has 1 aliphatic rings. The lowest BCUT2D eigenvalue weighted by atomic mass is 10.1. The summed E-state index contributed by atoms with van der Waals surface area (Å²) < 4.78 is 32.3. The molecular formula is C17H23ClN4O4S. The first-order chi connectivity index (χ1) is 12.3. The summed E-state index contributed by atoms with van der Waals surface area (Å²) >= 11 is 0. The third kappa shape index (κ3) is 4.10. The van der Waals surface area contributed by atoms with Gasteiger partial charge in [0.15, 0.2) is 5.76 Å². The Morgan fingerprint density at radius 3 is 2.48 bits per heavy atom. The number of carbonyl (C=O) groups is 1. The van der Waals surface area contributed by atoms with Crippen molar-refractivity contribution in [1.82, 2.24) is 14.4 Å². The van der Waals surface area contributed by atoms with Gasteiger partial charge in [0.2, 0.25) is 10.0 Å². The van der Waals surface area contributed by atoms with E-state index < -0.39 is 10.0 Å². The highest BCUT2D eigenvalue weighted by molar-refractivity contribution is 7.89. The first-order valence-electron chi connectivity index (χ1n) is 8.39. The summed E-state index contributed by atoms with van der Waals surface area (Å²) in [5, 5.41) is 3.73. The summed E-state index contributed by atoms with van der Waals surface area (Å²) in [6.07, 6.45) is 0.543. The maximum Gasteiger partial charge on any atom is 0.255 e. The number of carbonyl (C=O) groups excluding carboxylic acids is 1. The molecule has 10 heteroatoms. The number of amides is 1. The Balaban J connectivity index is 0.00000261. The predicted molar refractivity (Wildman–Crippen MR) is 103 cm³/mol. The van der Waals surface area contributed by atoms with E-state index in [1.165, 1.54) is 4.31 Å². The van der Waals surface area contributed by atoms with Crippen molar-refractivity contribution in [3.8, 4) is 0 Å². The topological polar surface area (TPSA) is 110 Å². The molecule has 0 atom stereocenters. The molecule has 2 N–H and O–H groups in total. The number of nitrogen functional groups attached to an aromatic ring is 1. The van der Waals surface area contributed by atoms with E-state index in [9.17, 15) is 13.2 Å². The minimum absolute atomic E-state index is 0. The van der Waals surface area contributed by atoms with Crippen molar-refractivity contribution in [2.75, 3.05) is 31.9 Å². The zero-order chi connectivity index (χ0) is 18.9. The quantitative estimate of drug-likeness (QED) is 0.767. The first kappa shape index (κ1) is 21.2. The average molecular weight is 415 g/mol. The normalized spacial score (nSPS) is 15.9. The molecule has 2 heterocycles. The second-order valence-electron chi connectivity index (χ2n) is 6.29. The molecular weight excluding hydrogens is 392 g/mol. The van der Waals surface area contributed by atoms with Gasteiger partial charge in [0.1, 0.15) is 10.6 Å². The second-order valence-corrected chi connectivity index (χ2v) is 8.17. The SMILES string of the molecule is Cc1noc(C)c1S(=O)(=O)N1CCCN(C(=O)c2ccccc2N)CC1.Cl. The van der Waals surface area contributed by atoms with Gasteiger partial charge in [-0.25, -0.2) is 8.42 Å². The van der Waals surface area contributed by atoms with Gasteiger partial charge in [0.05, 0.1) is 5.56 Å². The third-order valence-electron chi connectivity index (χ3n) is 4.50. The zero-order valence-electron chi connectivity index (χ0n) is 15.2. The molecule has 1 aromatic heterocycles. The number of aryl methyl sites for hydroxylation is 2. The molecule has 1 amide bonds. The molecule has 2 aromatic rings. The van der Waals surface area contributed by atoms with Crippen molar-refractivity contribution in [1.29, 1.82) is 0 Å². The van der Waals surface area contributed by atoms with Gasteiger partial charge in [-0.1, -0.05) is 17.3 Å². The molecule has 1 fully saturated rings. The van der Waals surface area contributed by atoms with E-state index in [0.717, 1.165) is 0 Å². The van der Waals surface area contributed by atoms with E-state index >= 15 is 0 Å². The summed E-state index contributed by atoms with van der Waals surface area (Å²) in [6.45, 7) is 4.51. The van der Waals surface area contributed by atoms with E-state index in [-0.39, 0.29) is 35.5 Å². The van der Waals surface area contributed by atoms with Crippen LogP contribution >= 0.6 is 12.4 Å². The van der Waals surface area contributed by atoms with Crippen LogP contribution in [0.1, 0.15) is 28.2 Å². The number of rotatable bonds is 3. The van der Waals surface area contributed by atoms with E-state index in [0.29, 0.717) is 43.0 Å². The Morgan fingerprint density at radius 2 is 1.85 bits per heavy atom. The molecule has 0 unspecified atom stereocenters. The fourth-order valence-corrected chi connectivity index (χ4v) is 4.93. The Kier molecular flexibility index (Phi) is 6.50. The van der Waals surface area contributed by atoms with Gasteiger partial charge in [0.25, 0.3) is 5.91 Å². The van der Waals surface area contributed by atoms with Crippen LogP contribution in [0.25, 0.3) is 0 Å². The number of hydrogen-bond acceptors (Lipinski definition) is 6. The van der Waals surface area contributed by atoms with Crippen LogP contribution in [0.2, 0.25) is 0 Å². The van der Waals surface area contributed by atoms with Crippen LogP contribution in [-0.4, -0.2) is 54.9 Å². The van der Waals surface area contributed by atoms with Gasteiger partial charge >= 0.3 is 0 Å². The number of hydrogen-bond donors (Lipinski definition) is 1. The van der Waals surface area contributed by atoms with Gasteiger partial charge in [-0.05, 0) is 32.4 Å². The first-order valence-corrected chi connectivity index (χ1v) is 9.83. The second kappa shape index (κ2) is 8.28. The van der Waals surface area contributed by atoms with Crippen molar-refractivity contribution < 1.29 is 17.7 Å². The number of aromatic nitrogens is 1. The van der Waals surface area contributed by atoms with Crippen molar-refractivity contribution in [2.24, 2.45) is 0 Å². The highest BCUT2D eigenvalue weighted by Gasteiger charge is 2.33. The van der Waals surface area contributed by atoms with Crippen LogP contribution in [0.15, 0.2) is 33.7 Å². The number of halogens is 1. The summed E-state index contributed by atoms with van der Waals surface area (Å²) in [5.41, 5.74) is 7.09. The smallest absolute Gasteiger partial charge is 0.255 e.